The molecule has 1 N–H and O–H groups in total. The molecular formula is C17H28N2O. The number of rotatable bonds is 7. The number of hydrogen-bond donors (Lipinski definition) is 1. The van der Waals surface area contributed by atoms with Crippen LogP contribution in [0.25, 0.3) is 0 Å². The highest BCUT2D eigenvalue weighted by molar-refractivity contribution is 5.33. The summed E-state index contributed by atoms with van der Waals surface area (Å²) in [4.78, 5) is 2.60. The van der Waals surface area contributed by atoms with Crippen molar-refractivity contribution in [3.8, 4) is 5.75 Å². The predicted octanol–water partition coefficient (Wildman–Crippen LogP) is 3.05. The molecular weight excluding hydrogens is 248 g/mol. The molecule has 1 aromatic rings. The molecule has 1 heterocycles. The monoisotopic (exact) mass is 276 g/mol. The van der Waals surface area contributed by atoms with E-state index in [1.165, 1.54) is 37.9 Å². The molecule has 3 nitrogen and oxygen atoms in total. The Morgan fingerprint density at radius 2 is 1.95 bits per heavy atom. The highest BCUT2D eigenvalue weighted by atomic mass is 16.5. The van der Waals surface area contributed by atoms with Gasteiger partial charge in [-0.2, -0.15) is 0 Å². The van der Waals surface area contributed by atoms with Gasteiger partial charge in [-0.05, 0) is 45.8 Å². The normalized spacial score (nSPS) is 17.9. The molecule has 2 rings (SSSR count). The second-order valence-corrected chi connectivity index (χ2v) is 5.62. The van der Waals surface area contributed by atoms with Gasteiger partial charge in [0.05, 0.1) is 6.61 Å². The Kier molecular flexibility index (Phi) is 6.34. The number of nitrogens with one attached hydrogen (secondary N) is 1. The van der Waals surface area contributed by atoms with Gasteiger partial charge >= 0.3 is 0 Å². The number of benzene rings is 1. The van der Waals surface area contributed by atoms with Gasteiger partial charge in [-0.15, -0.1) is 0 Å². The summed E-state index contributed by atoms with van der Waals surface area (Å²) in [5, 5.41) is 3.58. The van der Waals surface area contributed by atoms with E-state index in [2.05, 4.69) is 35.3 Å². The van der Waals surface area contributed by atoms with Crippen LogP contribution in [0.5, 0.6) is 5.75 Å². The molecule has 0 amide bonds. The molecule has 0 spiro atoms. The molecule has 0 radical (unpaired) electrons. The van der Waals surface area contributed by atoms with Crippen molar-refractivity contribution in [2.45, 2.75) is 45.7 Å². The van der Waals surface area contributed by atoms with Crippen molar-refractivity contribution in [3.05, 3.63) is 29.8 Å². The van der Waals surface area contributed by atoms with Gasteiger partial charge in [-0.25, -0.2) is 0 Å². The van der Waals surface area contributed by atoms with E-state index in [1.54, 1.807) is 0 Å². The number of nitrogens with zero attached hydrogens (tertiary/aromatic N) is 1. The van der Waals surface area contributed by atoms with Crippen LogP contribution in [0.3, 0.4) is 0 Å². The fourth-order valence-corrected chi connectivity index (χ4v) is 2.85. The second-order valence-electron chi connectivity index (χ2n) is 5.62. The molecule has 1 aromatic carbocycles. The van der Waals surface area contributed by atoms with Crippen LogP contribution in [0, 0.1) is 0 Å². The molecule has 1 unspecified atom stereocenters. The van der Waals surface area contributed by atoms with E-state index in [-0.39, 0.29) is 0 Å². The molecule has 1 aliphatic rings. The summed E-state index contributed by atoms with van der Waals surface area (Å²) in [6.07, 6.45) is 4.12. The summed E-state index contributed by atoms with van der Waals surface area (Å²) >= 11 is 0. The summed E-state index contributed by atoms with van der Waals surface area (Å²) in [5.74, 6) is 1.01. The molecule has 1 atom stereocenters. The molecule has 1 saturated heterocycles. The zero-order valence-electron chi connectivity index (χ0n) is 12.9. The highest BCUT2D eigenvalue weighted by Crippen LogP contribution is 2.17. The largest absolute Gasteiger partial charge is 0.494 e. The lowest BCUT2D eigenvalue weighted by molar-refractivity contribution is 0.170. The van der Waals surface area contributed by atoms with Crippen molar-refractivity contribution in [3.63, 3.8) is 0 Å². The first-order chi connectivity index (χ1) is 9.81. The van der Waals surface area contributed by atoms with E-state index in [0.717, 1.165) is 25.4 Å². The van der Waals surface area contributed by atoms with Crippen LogP contribution in [0.15, 0.2) is 24.3 Å². The van der Waals surface area contributed by atoms with Crippen LogP contribution >= 0.6 is 0 Å². The van der Waals surface area contributed by atoms with E-state index >= 15 is 0 Å². The van der Waals surface area contributed by atoms with E-state index in [4.69, 9.17) is 4.74 Å². The van der Waals surface area contributed by atoms with Gasteiger partial charge in [-0.3, -0.25) is 4.90 Å². The molecule has 112 valence electrons. The van der Waals surface area contributed by atoms with Gasteiger partial charge in [0, 0.05) is 24.7 Å². The smallest absolute Gasteiger partial charge is 0.123 e. The topological polar surface area (TPSA) is 24.5 Å². The minimum absolute atomic E-state index is 0.620. The van der Waals surface area contributed by atoms with Crippen LogP contribution in [0.2, 0.25) is 0 Å². The predicted molar refractivity (Wildman–Crippen MR) is 84.2 cm³/mol. The maximum atomic E-state index is 5.66. The van der Waals surface area contributed by atoms with E-state index in [1.807, 2.05) is 13.0 Å². The maximum Gasteiger partial charge on any atom is 0.123 e. The third-order valence-electron chi connectivity index (χ3n) is 4.04. The average Bonchev–Trinajstić information content (AvgIpc) is 2.50. The fourth-order valence-electron chi connectivity index (χ4n) is 2.85. The quantitative estimate of drug-likeness (QED) is 0.828. The molecule has 0 bridgehead atoms. The van der Waals surface area contributed by atoms with Crippen LogP contribution in [0.1, 0.15) is 38.7 Å². The van der Waals surface area contributed by atoms with Crippen molar-refractivity contribution in [1.29, 1.82) is 0 Å². The van der Waals surface area contributed by atoms with Gasteiger partial charge in [0.1, 0.15) is 5.75 Å². The van der Waals surface area contributed by atoms with Gasteiger partial charge < -0.3 is 10.1 Å². The Bertz CT molecular complexity index is 388. The number of ether oxygens (including phenoxy) is 1. The molecule has 0 aromatic heterocycles. The molecule has 0 saturated carbocycles. The van der Waals surface area contributed by atoms with E-state index < -0.39 is 0 Å². The Balaban J connectivity index is 1.77. The molecule has 1 aliphatic heterocycles. The summed E-state index contributed by atoms with van der Waals surface area (Å²) in [6, 6.07) is 8.92. The number of hydrogen-bond acceptors (Lipinski definition) is 3. The van der Waals surface area contributed by atoms with E-state index in [9.17, 15) is 0 Å². The second kappa shape index (κ2) is 8.28. The lowest BCUT2D eigenvalue weighted by Gasteiger charge is -2.32. The van der Waals surface area contributed by atoms with Gasteiger partial charge in [0.15, 0.2) is 0 Å². The fraction of sp³-hybridized carbons (Fsp3) is 0.647. The van der Waals surface area contributed by atoms with Gasteiger partial charge in [0.25, 0.3) is 0 Å². The lowest BCUT2D eigenvalue weighted by atomic mass is 10.1. The van der Waals surface area contributed by atoms with Crippen molar-refractivity contribution in [2.24, 2.45) is 0 Å². The first kappa shape index (κ1) is 15.3. The highest BCUT2D eigenvalue weighted by Gasteiger charge is 2.16. The first-order valence-corrected chi connectivity index (χ1v) is 7.96. The van der Waals surface area contributed by atoms with Gasteiger partial charge in [-0.1, -0.05) is 24.6 Å². The summed E-state index contributed by atoms with van der Waals surface area (Å²) in [7, 11) is 0. The molecule has 3 heteroatoms. The van der Waals surface area contributed by atoms with Crippen LogP contribution in [-0.2, 0) is 6.54 Å². The number of piperidine rings is 1. The Hall–Kier alpha value is -1.06. The summed E-state index contributed by atoms with van der Waals surface area (Å²) in [6.45, 7) is 9.53. The first-order valence-electron chi connectivity index (χ1n) is 7.96. The lowest BCUT2D eigenvalue weighted by Crippen LogP contribution is -2.42. The minimum Gasteiger partial charge on any atom is -0.494 e. The molecule has 0 aliphatic carbocycles. The summed E-state index contributed by atoms with van der Waals surface area (Å²) in [5.41, 5.74) is 1.25. The SMILES string of the molecule is CCOc1ccccc1CNCC(C)N1CCCCC1. The molecule has 20 heavy (non-hydrogen) atoms. The third kappa shape index (κ3) is 4.50. The Morgan fingerprint density at radius 1 is 1.20 bits per heavy atom. The number of para-hydroxylation sites is 1. The standard InChI is InChI=1S/C17H28N2O/c1-3-20-17-10-6-5-9-16(17)14-18-13-15(2)19-11-7-4-8-12-19/h5-6,9-10,15,18H,3-4,7-8,11-14H2,1-2H3. The van der Waals surface area contributed by atoms with Crippen molar-refractivity contribution >= 4 is 0 Å². The van der Waals surface area contributed by atoms with Crippen LogP contribution in [0.4, 0.5) is 0 Å². The zero-order chi connectivity index (χ0) is 14.2. The number of likely N-dealkylation sites (tertiary alicyclic amines) is 1. The Morgan fingerprint density at radius 3 is 2.70 bits per heavy atom. The Labute approximate surface area is 123 Å². The van der Waals surface area contributed by atoms with Gasteiger partial charge in [0.2, 0.25) is 0 Å². The van der Waals surface area contributed by atoms with Crippen molar-refractivity contribution in [2.75, 3.05) is 26.2 Å². The third-order valence-corrected chi connectivity index (χ3v) is 4.04. The van der Waals surface area contributed by atoms with Crippen LogP contribution in [-0.4, -0.2) is 37.2 Å². The van der Waals surface area contributed by atoms with Crippen LogP contribution < -0.4 is 10.1 Å². The molecule has 1 fully saturated rings. The van der Waals surface area contributed by atoms with Crippen molar-refractivity contribution in [1.82, 2.24) is 10.2 Å². The zero-order valence-corrected chi connectivity index (χ0v) is 12.9. The van der Waals surface area contributed by atoms with E-state index in [0.29, 0.717) is 6.04 Å². The maximum absolute atomic E-state index is 5.66. The minimum atomic E-state index is 0.620. The average molecular weight is 276 g/mol. The van der Waals surface area contributed by atoms with Crippen molar-refractivity contribution < 1.29 is 4.74 Å². The summed E-state index contributed by atoms with van der Waals surface area (Å²) < 4.78 is 5.66.